The molecule has 1 heterocycles. The van der Waals surface area contributed by atoms with Crippen LogP contribution in [0.15, 0.2) is 42.5 Å². The fraction of sp³-hybridized carbons (Fsp3) is 0.286. The Morgan fingerprint density at radius 1 is 1.11 bits per heavy atom. The lowest BCUT2D eigenvalue weighted by Crippen LogP contribution is -2.27. The number of hydrogen-bond donors (Lipinski definition) is 0. The summed E-state index contributed by atoms with van der Waals surface area (Å²) in [5.74, 6) is -0.292. The molecule has 6 heteroatoms. The van der Waals surface area contributed by atoms with Gasteiger partial charge >= 0.3 is 5.97 Å². The summed E-state index contributed by atoms with van der Waals surface area (Å²) in [6.45, 7) is 3.64. The highest BCUT2D eigenvalue weighted by atomic mass is 16.5. The zero-order valence-electron chi connectivity index (χ0n) is 15.5. The highest BCUT2D eigenvalue weighted by molar-refractivity contribution is 6.01. The first-order valence-electron chi connectivity index (χ1n) is 8.66. The van der Waals surface area contributed by atoms with Crippen LogP contribution in [0.4, 0.5) is 5.69 Å². The van der Waals surface area contributed by atoms with Crippen LogP contribution in [0.1, 0.15) is 29.3 Å². The highest BCUT2D eigenvalue weighted by Gasteiger charge is 2.37. The molecule has 1 unspecified atom stereocenters. The second-order valence-corrected chi connectivity index (χ2v) is 6.58. The summed E-state index contributed by atoms with van der Waals surface area (Å²) >= 11 is 0. The van der Waals surface area contributed by atoms with E-state index in [0.29, 0.717) is 22.7 Å². The molecule has 0 spiro atoms. The van der Waals surface area contributed by atoms with Crippen LogP contribution in [0, 0.1) is 12.8 Å². The molecular weight excluding hydrogens is 346 g/mol. The zero-order chi connectivity index (χ0) is 19.6. The van der Waals surface area contributed by atoms with Crippen LogP contribution in [0.25, 0.3) is 0 Å². The van der Waals surface area contributed by atoms with Crippen molar-refractivity contribution in [2.24, 2.45) is 5.92 Å². The van der Waals surface area contributed by atoms with Crippen molar-refractivity contribution in [1.82, 2.24) is 0 Å². The number of anilines is 1. The number of Topliss-reactive ketones (excluding diaryl/α,β-unsaturated/α-hetero) is 1. The Balaban J connectivity index is 1.72. The molecule has 27 heavy (non-hydrogen) atoms. The Labute approximate surface area is 157 Å². The molecule has 140 valence electrons. The number of aryl methyl sites for hydroxylation is 1. The van der Waals surface area contributed by atoms with Gasteiger partial charge in [-0.2, -0.15) is 0 Å². The van der Waals surface area contributed by atoms with Crippen molar-refractivity contribution in [3.8, 4) is 11.5 Å². The summed E-state index contributed by atoms with van der Waals surface area (Å²) in [6.07, 6.45) is 0.0848. The van der Waals surface area contributed by atoms with E-state index in [1.54, 1.807) is 42.3 Å². The van der Waals surface area contributed by atoms with Gasteiger partial charge in [-0.1, -0.05) is 6.07 Å². The van der Waals surface area contributed by atoms with Gasteiger partial charge in [-0.3, -0.25) is 14.4 Å². The Morgan fingerprint density at radius 3 is 2.44 bits per heavy atom. The highest BCUT2D eigenvalue weighted by Crippen LogP contribution is 2.34. The Morgan fingerprint density at radius 2 is 1.81 bits per heavy atom. The molecule has 0 radical (unpaired) electrons. The second-order valence-electron chi connectivity index (χ2n) is 6.58. The average Bonchev–Trinajstić information content (AvgIpc) is 3.04. The third-order valence-corrected chi connectivity index (χ3v) is 4.56. The summed E-state index contributed by atoms with van der Waals surface area (Å²) < 4.78 is 10.7. The van der Waals surface area contributed by atoms with Crippen LogP contribution >= 0.6 is 0 Å². The fourth-order valence-electron chi connectivity index (χ4n) is 3.07. The van der Waals surface area contributed by atoms with Gasteiger partial charge in [-0.25, -0.2) is 0 Å². The molecule has 1 saturated heterocycles. The summed E-state index contributed by atoms with van der Waals surface area (Å²) in [6, 6.07) is 11.9. The van der Waals surface area contributed by atoms with Gasteiger partial charge in [0, 0.05) is 18.5 Å². The van der Waals surface area contributed by atoms with E-state index in [2.05, 4.69) is 0 Å². The van der Waals surface area contributed by atoms with E-state index in [4.69, 9.17) is 9.47 Å². The maximum Gasteiger partial charge on any atom is 0.316 e. The summed E-state index contributed by atoms with van der Waals surface area (Å²) in [7, 11) is 1.55. The Bertz CT molecular complexity index is 888. The lowest BCUT2D eigenvalue weighted by atomic mass is 10.1. The zero-order valence-corrected chi connectivity index (χ0v) is 15.5. The Hall–Kier alpha value is -3.15. The molecule has 3 rings (SSSR count). The first-order valence-corrected chi connectivity index (χ1v) is 8.66. The van der Waals surface area contributed by atoms with Crippen molar-refractivity contribution in [1.29, 1.82) is 0 Å². The lowest BCUT2D eigenvalue weighted by molar-refractivity contribution is -0.139. The molecule has 1 atom stereocenters. The maximum atomic E-state index is 12.5. The lowest BCUT2D eigenvalue weighted by Gasteiger charge is -2.20. The van der Waals surface area contributed by atoms with E-state index in [1.807, 2.05) is 19.1 Å². The van der Waals surface area contributed by atoms with Crippen LogP contribution in [-0.4, -0.2) is 31.3 Å². The minimum absolute atomic E-state index is 0.0583. The minimum atomic E-state index is -0.560. The number of amides is 1. The van der Waals surface area contributed by atoms with Gasteiger partial charge in [0.15, 0.2) is 5.78 Å². The van der Waals surface area contributed by atoms with Crippen molar-refractivity contribution in [3.05, 3.63) is 53.6 Å². The molecule has 1 amide bonds. The van der Waals surface area contributed by atoms with E-state index >= 15 is 0 Å². The number of hydrogen-bond acceptors (Lipinski definition) is 5. The van der Waals surface area contributed by atoms with Crippen molar-refractivity contribution < 1.29 is 23.9 Å². The van der Waals surface area contributed by atoms with Crippen LogP contribution in [0.2, 0.25) is 0 Å². The number of carbonyl (C=O) groups excluding carboxylic acids is 3. The minimum Gasteiger partial charge on any atom is -0.495 e. The Kier molecular flexibility index (Phi) is 5.26. The molecular formula is C21H21NO5. The second kappa shape index (κ2) is 7.61. The topological polar surface area (TPSA) is 72.9 Å². The van der Waals surface area contributed by atoms with Gasteiger partial charge in [0.2, 0.25) is 5.91 Å². The first-order chi connectivity index (χ1) is 12.9. The van der Waals surface area contributed by atoms with Gasteiger partial charge in [-0.05, 0) is 55.8 Å². The van der Waals surface area contributed by atoms with Crippen molar-refractivity contribution in [2.75, 3.05) is 18.6 Å². The van der Waals surface area contributed by atoms with E-state index < -0.39 is 11.9 Å². The van der Waals surface area contributed by atoms with Gasteiger partial charge < -0.3 is 14.4 Å². The number of rotatable bonds is 5. The predicted octanol–water partition coefficient (Wildman–Crippen LogP) is 3.16. The summed E-state index contributed by atoms with van der Waals surface area (Å²) in [5.41, 5.74) is 2.20. The number of carbonyl (C=O) groups is 3. The monoisotopic (exact) mass is 367 g/mol. The molecule has 1 aliphatic rings. The normalized spacial score (nSPS) is 16.3. The van der Waals surface area contributed by atoms with Crippen LogP contribution in [0.5, 0.6) is 11.5 Å². The molecule has 0 N–H and O–H groups in total. The maximum absolute atomic E-state index is 12.5. The van der Waals surface area contributed by atoms with Crippen LogP contribution in [0.3, 0.4) is 0 Å². The third kappa shape index (κ3) is 4.00. The van der Waals surface area contributed by atoms with Gasteiger partial charge in [0.1, 0.15) is 11.5 Å². The third-order valence-electron chi connectivity index (χ3n) is 4.56. The number of esters is 1. The number of benzene rings is 2. The number of methoxy groups -OCH3 is 1. The van der Waals surface area contributed by atoms with Crippen LogP contribution < -0.4 is 14.4 Å². The largest absolute Gasteiger partial charge is 0.495 e. The van der Waals surface area contributed by atoms with E-state index in [9.17, 15) is 14.4 Å². The molecule has 1 fully saturated rings. The fourth-order valence-corrected chi connectivity index (χ4v) is 3.07. The molecule has 2 aromatic carbocycles. The van der Waals surface area contributed by atoms with Gasteiger partial charge in [0.05, 0.1) is 18.7 Å². The molecule has 0 aromatic heterocycles. The quantitative estimate of drug-likeness (QED) is 0.461. The smallest absolute Gasteiger partial charge is 0.316 e. The number of ether oxygens (including phenoxy) is 2. The summed E-state index contributed by atoms with van der Waals surface area (Å²) in [5, 5.41) is 0. The van der Waals surface area contributed by atoms with E-state index in [-0.39, 0.29) is 24.7 Å². The van der Waals surface area contributed by atoms with Crippen LogP contribution in [-0.2, 0) is 9.59 Å². The van der Waals surface area contributed by atoms with Crippen molar-refractivity contribution in [3.63, 3.8) is 0 Å². The molecule has 2 aromatic rings. The predicted molar refractivity (Wildman–Crippen MR) is 100 cm³/mol. The molecule has 6 nitrogen and oxygen atoms in total. The van der Waals surface area contributed by atoms with E-state index in [1.165, 1.54) is 6.92 Å². The molecule has 0 aliphatic carbocycles. The van der Waals surface area contributed by atoms with Gasteiger partial charge in [-0.15, -0.1) is 0 Å². The molecule has 0 bridgehead atoms. The van der Waals surface area contributed by atoms with Crippen molar-refractivity contribution in [2.45, 2.75) is 20.3 Å². The standard InChI is InChI=1S/C21H21NO5/c1-13-4-9-19(26-3)18(10-13)22-12-16(11-20(22)24)21(25)27-17-7-5-15(6-8-17)14(2)23/h4-10,16H,11-12H2,1-3H3. The average molecular weight is 367 g/mol. The van der Waals surface area contributed by atoms with E-state index in [0.717, 1.165) is 5.56 Å². The molecule has 0 saturated carbocycles. The first kappa shape index (κ1) is 18.6. The van der Waals surface area contributed by atoms with Crippen molar-refractivity contribution >= 4 is 23.3 Å². The number of nitrogens with zero attached hydrogens (tertiary/aromatic N) is 1. The number of ketones is 1. The SMILES string of the molecule is COc1ccc(C)cc1N1CC(C(=O)Oc2ccc(C(C)=O)cc2)CC1=O. The summed E-state index contributed by atoms with van der Waals surface area (Å²) in [4.78, 5) is 37.8. The van der Waals surface area contributed by atoms with Gasteiger partial charge in [0.25, 0.3) is 0 Å². The molecule has 1 aliphatic heterocycles.